The van der Waals surface area contributed by atoms with Crippen LogP contribution in [0.2, 0.25) is 0 Å². The fourth-order valence-corrected chi connectivity index (χ4v) is 2.28. The molecule has 0 saturated carbocycles. The van der Waals surface area contributed by atoms with E-state index in [4.69, 9.17) is 4.74 Å². The molecule has 0 aromatic heterocycles. The van der Waals surface area contributed by atoms with Gasteiger partial charge in [-0.3, -0.25) is 0 Å². The lowest BCUT2D eigenvalue weighted by atomic mass is 10.0. The van der Waals surface area contributed by atoms with Crippen LogP contribution in [-0.4, -0.2) is 7.11 Å². The maximum Gasteiger partial charge on any atom is 0.119 e. The van der Waals surface area contributed by atoms with Crippen LogP contribution in [0.25, 0.3) is 21.5 Å². The summed E-state index contributed by atoms with van der Waals surface area (Å²) in [7, 11) is 1.70. The number of methoxy groups -OCH3 is 1. The van der Waals surface area contributed by atoms with Crippen LogP contribution in [-0.2, 0) is 0 Å². The van der Waals surface area contributed by atoms with Gasteiger partial charge < -0.3 is 4.74 Å². The van der Waals surface area contributed by atoms with E-state index in [2.05, 4.69) is 49.4 Å². The largest absolute Gasteiger partial charge is 0.497 e. The van der Waals surface area contributed by atoms with Gasteiger partial charge in [0.25, 0.3) is 0 Å². The van der Waals surface area contributed by atoms with Gasteiger partial charge in [-0.1, -0.05) is 42.0 Å². The van der Waals surface area contributed by atoms with Crippen LogP contribution in [0, 0.1) is 6.92 Å². The summed E-state index contributed by atoms with van der Waals surface area (Å²) in [5.41, 5.74) is 1.29. The molecule has 0 saturated heterocycles. The van der Waals surface area contributed by atoms with Crippen LogP contribution in [0.4, 0.5) is 0 Å². The van der Waals surface area contributed by atoms with Crippen LogP contribution in [0.5, 0.6) is 5.75 Å². The van der Waals surface area contributed by atoms with Gasteiger partial charge in [-0.2, -0.15) is 0 Å². The number of rotatable bonds is 1. The number of aryl methyl sites for hydroxylation is 1. The fourth-order valence-electron chi connectivity index (χ4n) is 2.28. The molecule has 0 radical (unpaired) electrons. The topological polar surface area (TPSA) is 9.23 Å². The minimum absolute atomic E-state index is 0.907. The van der Waals surface area contributed by atoms with Gasteiger partial charge in [-0.15, -0.1) is 0 Å². The zero-order valence-corrected chi connectivity index (χ0v) is 10.0. The summed E-state index contributed by atoms with van der Waals surface area (Å²) in [6.07, 6.45) is 0. The standard InChI is InChI=1S/C16H14O/c1-11-3-4-12-5-6-13-10-14(17-2)7-8-15(13)16(12)9-11/h3-10H,1-2H3. The summed E-state index contributed by atoms with van der Waals surface area (Å²) in [6.45, 7) is 2.13. The molecular formula is C16H14O. The second-order valence-electron chi connectivity index (χ2n) is 4.38. The molecule has 0 fully saturated rings. The molecule has 0 spiro atoms. The van der Waals surface area contributed by atoms with Gasteiger partial charge in [0.05, 0.1) is 7.11 Å². The third-order valence-electron chi connectivity index (χ3n) is 3.20. The molecule has 1 heteroatoms. The van der Waals surface area contributed by atoms with Crippen molar-refractivity contribution in [2.75, 3.05) is 7.11 Å². The van der Waals surface area contributed by atoms with Crippen molar-refractivity contribution >= 4 is 21.5 Å². The van der Waals surface area contributed by atoms with Gasteiger partial charge in [0.15, 0.2) is 0 Å². The van der Waals surface area contributed by atoms with Gasteiger partial charge in [0.1, 0.15) is 5.75 Å². The Hall–Kier alpha value is -2.02. The minimum Gasteiger partial charge on any atom is -0.497 e. The first-order valence-corrected chi connectivity index (χ1v) is 5.75. The molecule has 3 aromatic rings. The highest BCUT2D eigenvalue weighted by molar-refractivity contribution is 6.07. The van der Waals surface area contributed by atoms with Crippen molar-refractivity contribution in [2.24, 2.45) is 0 Å². The van der Waals surface area contributed by atoms with Crippen molar-refractivity contribution in [3.63, 3.8) is 0 Å². The van der Waals surface area contributed by atoms with Crippen molar-refractivity contribution in [1.82, 2.24) is 0 Å². The lowest BCUT2D eigenvalue weighted by Crippen LogP contribution is -1.83. The second kappa shape index (κ2) is 3.77. The third kappa shape index (κ3) is 1.64. The van der Waals surface area contributed by atoms with Gasteiger partial charge in [0, 0.05) is 0 Å². The van der Waals surface area contributed by atoms with E-state index >= 15 is 0 Å². The van der Waals surface area contributed by atoms with Gasteiger partial charge in [0.2, 0.25) is 0 Å². The quantitative estimate of drug-likeness (QED) is 0.557. The van der Waals surface area contributed by atoms with Crippen molar-refractivity contribution in [3.8, 4) is 5.75 Å². The van der Waals surface area contributed by atoms with Gasteiger partial charge >= 0.3 is 0 Å². The van der Waals surface area contributed by atoms with E-state index in [0.717, 1.165) is 5.75 Å². The van der Waals surface area contributed by atoms with E-state index in [-0.39, 0.29) is 0 Å². The molecule has 0 heterocycles. The van der Waals surface area contributed by atoms with Crippen molar-refractivity contribution in [3.05, 3.63) is 54.1 Å². The van der Waals surface area contributed by atoms with Crippen LogP contribution in [0.1, 0.15) is 5.56 Å². The molecule has 0 aliphatic heterocycles. The Labute approximate surface area is 101 Å². The average Bonchev–Trinajstić information content (AvgIpc) is 2.37. The number of benzene rings is 3. The highest BCUT2D eigenvalue weighted by atomic mass is 16.5. The van der Waals surface area contributed by atoms with Crippen LogP contribution in [0.15, 0.2) is 48.5 Å². The summed E-state index contributed by atoms with van der Waals surface area (Å²) in [5.74, 6) is 0.907. The normalized spacial score (nSPS) is 10.9. The third-order valence-corrected chi connectivity index (χ3v) is 3.20. The maximum atomic E-state index is 5.26. The first-order chi connectivity index (χ1) is 8.28. The Balaban J connectivity index is 2.42. The zero-order valence-electron chi connectivity index (χ0n) is 10.0. The Morgan fingerprint density at radius 3 is 2.35 bits per heavy atom. The zero-order chi connectivity index (χ0) is 11.8. The predicted octanol–water partition coefficient (Wildman–Crippen LogP) is 4.31. The van der Waals surface area contributed by atoms with E-state index in [1.54, 1.807) is 7.11 Å². The van der Waals surface area contributed by atoms with Gasteiger partial charge in [-0.05, 0) is 40.6 Å². The molecule has 1 nitrogen and oxygen atoms in total. The number of hydrogen-bond acceptors (Lipinski definition) is 1. The highest BCUT2D eigenvalue weighted by Gasteiger charge is 2.02. The molecule has 0 bridgehead atoms. The van der Waals surface area contributed by atoms with Crippen molar-refractivity contribution in [2.45, 2.75) is 6.92 Å². The van der Waals surface area contributed by atoms with Crippen molar-refractivity contribution < 1.29 is 4.74 Å². The van der Waals surface area contributed by atoms with Crippen LogP contribution < -0.4 is 4.74 Å². The molecule has 17 heavy (non-hydrogen) atoms. The van der Waals surface area contributed by atoms with Crippen LogP contribution >= 0.6 is 0 Å². The van der Waals surface area contributed by atoms with E-state index in [1.165, 1.54) is 27.1 Å². The molecule has 0 amide bonds. The van der Waals surface area contributed by atoms with E-state index in [0.29, 0.717) is 0 Å². The summed E-state index contributed by atoms with van der Waals surface area (Å²) in [5, 5.41) is 5.10. The Morgan fingerprint density at radius 2 is 1.53 bits per heavy atom. The molecule has 84 valence electrons. The minimum atomic E-state index is 0.907. The Bertz CT molecular complexity index is 698. The van der Waals surface area contributed by atoms with Crippen LogP contribution in [0.3, 0.4) is 0 Å². The Kier molecular flexibility index (Phi) is 2.25. The number of ether oxygens (including phenoxy) is 1. The summed E-state index contributed by atoms with van der Waals surface area (Å²) < 4.78 is 5.26. The molecular weight excluding hydrogens is 208 g/mol. The molecule has 0 aliphatic carbocycles. The Morgan fingerprint density at radius 1 is 0.765 bits per heavy atom. The molecule has 0 unspecified atom stereocenters. The summed E-state index contributed by atoms with van der Waals surface area (Å²) >= 11 is 0. The van der Waals surface area contributed by atoms with E-state index in [1.807, 2.05) is 6.07 Å². The molecule has 0 N–H and O–H groups in total. The summed E-state index contributed by atoms with van der Waals surface area (Å²) in [6, 6.07) is 17.1. The highest BCUT2D eigenvalue weighted by Crippen LogP contribution is 2.28. The fraction of sp³-hybridized carbons (Fsp3) is 0.125. The monoisotopic (exact) mass is 222 g/mol. The van der Waals surface area contributed by atoms with Crippen molar-refractivity contribution in [1.29, 1.82) is 0 Å². The second-order valence-corrected chi connectivity index (χ2v) is 4.38. The van der Waals surface area contributed by atoms with E-state index in [9.17, 15) is 0 Å². The molecule has 0 aliphatic rings. The first-order valence-electron chi connectivity index (χ1n) is 5.75. The summed E-state index contributed by atoms with van der Waals surface area (Å²) in [4.78, 5) is 0. The smallest absolute Gasteiger partial charge is 0.119 e. The van der Waals surface area contributed by atoms with Gasteiger partial charge in [-0.25, -0.2) is 0 Å². The SMILES string of the molecule is COc1ccc2c(ccc3ccc(C)cc32)c1. The number of fused-ring (bicyclic) bond motifs is 3. The molecule has 0 atom stereocenters. The maximum absolute atomic E-state index is 5.26. The average molecular weight is 222 g/mol. The lowest BCUT2D eigenvalue weighted by molar-refractivity contribution is 0.415. The molecule has 3 rings (SSSR count). The number of hydrogen-bond donors (Lipinski definition) is 0. The predicted molar refractivity (Wildman–Crippen MR) is 72.7 cm³/mol. The first kappa shape index (κ1) is 10.2. The van der Waals surface area contributed by atoms with E-state index < -0.39 is 0 Å². The lowest BCUT2D eigenvalue weighted by Gasteiger charge is -2.06. The molecule has 3 aromatic carbocycles.